The quantitative estimate of drug-likeness (QED) is 0.532. The number of allylic oxidation sites excluding steroid dienone is 1. The van der Waals surface area contributed by atoms with Crippen LogP contribution >= 0.6 is 23.5 Å². The van der Waals surface area contributed by atoms with Crippen molar-refractivity contribution in [2.45, 2.75) is 6.92 Å². The molecule has 8 heavy (non-hydrogen) atoms. The first-order valence-electron chi connectivity index (χ1n) is 2.46. The van der Waals surface area contributed by atoms with E-state index in [1.165, 1.54) is 0 Å². The van der Waals surface area contributed by atoms with E-state index in [9.17, 15) is 0 Å². The molecule has 1 rings (SSSR count). The van der Waals surface area contributed by atoms with Gasteiger partial charge < -0.3 is 5.11 Å². The van der Waals surface area contributed by atoms with Crippen LogP contribution in [0.2, 0.25) is 0 Å². The third-order valence-electron chi connectivity index (χ3n) is 0.845. The molecule has 0 amide bonds. The van der Waals surface area contributed by atoms with E-state index in [-0.39, 0.29) is 0 Å². The fraction of sp³-hybridized carbons (Fsp3) is 0.600. The van der Waals surface area contributed by atoms with Gasteiger partial charge in [-0.05, 0) is 6.92 Å². The minimum absolute atomic E-state index is 0.484. The summed E-state index contributed by atoms with van der Waals surface area (Å²) in [5, 5.41) is 8.89. The summed E-state index contributed by atoms with van der Waals surface area (Å²) < 4.78 is 1.10. The summed E-state index contributed by atoms with van der Waals surface area (Å²) in [6, 6.07) is 0. The van der Waals surface area contributed by atoms with Gasteiger partial charge in [-0.1, -0.05) is 0 Å². The third kappa shape index (κ3) is 1.36. The minimum atomic E-state index is 0.484. The molecule has 0 aliphatic carbocycles. The highest BCUT2D eigenvalue weighted by atomic mass is 32.2. The molecule has 46 valence electrons. The second-order valence-corrected chi connectivity index (χ2v) is 4.04. The van der Waals surface area contributed by atoms with Crippen molar-refractivity contribution in [3.05, 3.63) is 10.00 Å². The Morgan fingerprint density at radius 1 is 1.50 bits per heavy atom. The van der Waals surface area contributed by atoms with E-state index in [4.69, 9.17) is 5.11 Å². The monoisotopic (exact) mass is 148 g/mol. The van der Waals surface area contributed by atoms with Crippen molar-refractivity contribution in [3.63, 3.8) is 0 Å². The van der Waals surface area contributed by atoms with Gasteiger partial charge in [0.2, 0.25) is 0 Å². The molecule has 1 aliphatic rings. The van der Waals surface area contributed by atoms with Crippen LogP contribution < -0.4 is 0 Å². The summed E-state index contributed by atoms with van der Waals surface area (Å²) in [6.45, 7) is 1.74. The highest BCUT2D eigenvalue weighted by molar-refractivity contribution is 8.25. The highest BCUT2D eigenvalue weighted by Crippen LogP contribution is 2.37. The molecule has 0 spiro atoms. The fourth-order valence-electron chi connectivity index (χ4n) is 0.519. The molecule has 0 unspecified atom stereocenters. The van der Waals surface area contributed by atoms with Crippen LogP contribution in [-0.2, 0) is 0 Å². The smallest absolute Gasteiger partial charge is 0.109 e. The maximum atomic E-state index is 8.89. The largest absolute Gasteiger partial charge is 0.511 e. The maximum Gasteiger partial charge on any atom is 0.109 e. The molecule has 1 saturated heterocycles. The number of aliphatic hydroxyl groups is 1. The van der Waals surface area contributed by atoms with E-state index in [0.29, 0.717) is 5.76 Å². The third-order valence-corrected chi connectivity index (χ3v) is 3.74. The molecule has 0 bridgehead atoms. The van der Waals surface area contributed by atoms with Crippen molar-refractivity contribution in [2.75, 3.05) is 11.5 Å². The van der Waals surface area contributed by atoms with Crippen LogP contribution in [0.4, 0.5) is 0 Å². The molecule has 0 radical (unpaired) electrons. The van der Waals surface area contributed by atoms with E-state index in [1.807, 2.05) is 0 Å². The van der Waals surface area contributed by atoms with Gasteiger partial charge in [0.15, 0.2) is 0 Å². The number of aliphatic hydroxyl groups excluding tert-OH is 1. The number of thioether (sulfide) groups is 2. The molecule has 1 N–H and O–H groups in total. The summed E-state index contributed by atoms with van der Waals surface area (Å²) in [4.78, 5) is 0. The van der Waals surface area contributed by atoms with Crippen LogP contribution in [0.5, 0.6) is 0 Å². The maximum absolute atomic E-state index is 8.89. The lowest BCUT2D eigenvalue weighted by molar-refractivity contribution is 0.415. The molecule has 0 saturated carbocycles. The second-order valence-electron chi connectivity index (χ2n) is 1.57. The van der Waals surface area contributed by atoms with Gasteiger partial charge in [0.05, 0.1) is 4.24 Å². The number of hydrogen-bond donors (Lipinski definition) is 1. The zero-order valence-electron chi connectivity index (χ0n) is 4.68. The van der Waals surface area contributed by atoms with Gasteiger partial charge in [0.1, 0.15) is 5.76 Å². The van der Waals surface area contributed by atoms with Gasteiger partial charge in [-0.2, -0.15) is 0 Å². The highest BCUT2D eigenvalue weighted by Gasteiger charge is 2.09. The van der Waals surface area contributed by atoms with Crippen molar-refractivity contribution < 1.29 is 5.11 Å². The molecule has 0 aromatic carbocycles. The zero-order chi connectivity index (χ0) is 5.98. The summed E-state index contributed by atoms with van der Waals surface area (Å²) in [5.74, 6) is 2.79. The Morgan fingerprint density at radius 3 is 2.25 bits per heavy atom. The summed E-state index contributed by atoms with van der Waals surface area (Å²) in [6.07, 6.45) is 0. The van der Waals surface area contributed by atoms with Crippen molar-refractivity contribution >= 4 is 23.5 Å². The van der Waals surface area contributed by atoms with Crippen molar-refractivity contribution in [1.29, 1.82) is 0 Å². The lowest BCUT2D eigenvalue weighted by Crippen LogP contribution is -1.70. The first-order chi connectivity index (χ1) is 3.80. The molecule has 0 aromatic rings. The van der Waals surface area contributed by atoms with Crippen molar-refractivity contribution in [2.24, 2.45) is 0 Å². The lowest BCUT2D eigenvalue weighted by atomic mass is 10.7. The molecule has 3 heteroatoms. The van der Waals surface area contributed by atoms with Gasteiger partial charge >= 0.3 is 0 Å². The average Bonchev–Trinajstić information content (AvgIpc) is 2.12. The Kier molecular flexibility index (Phi) is 2.14. The van der Waals surface area contributed by atoms with Gasteiger partial charge in [-0.25, -0.2) is 0 Å². The first kappa shape index (κ1) is 6.36. The molecular weight excluding hydrogens is 140 g/mol. The molecule has 1 heterocycles. The van der Waals surface area contributed by atoms with Crippen LogP contribution in [0, 0.1) is 0 Å². The van der Waals surface area contributed by atoms with E-state index in [2.05, 4.69) is 0 Å². The normalized spacial score (nSPS) is 19.4. The molecule has 1 aliphatic heterocycles. The van der Waals surface area contributed by atoms with Crippen molar-refractivity contribution in [1.82, 2.24) is 0 Å². The first-order valence-corrected chi connectivity index (χ1v) is 4.43. The molecular formula is C5H8OS2. The Balaban J connectivity index is 2.58. The zero-order valence-corrected chi connectivity index (χ0v) is 6.31. The number of hydrogen-bond acceptors (Lipinski definition) is 3. The Hall–Kier alpha value is 0.240. The molecule has 1 fully saturated rings. The SMILES string of the molecule is CC(O)=C1SCCS1. The van der Waals surface area contributed by atoms with Crippen LogP contribution in [0.1, 0.15) is 6.92 Å². The van der Waals surface area contributed by atoms with Crippen LogP contribution in [-0.4, -0.2) is 16.6 Å². The summed E-state index contributed by atoms with van der Waals surface area (Å²) in [7, 11) is 0. The Morgan fingerprint density at radius 2 is 2.00 bits per heavy atom. The van der Waals surface area contributed by atoms with E-state index in [1.54, 1.807) is 30.4 Å². The van der Waals surface area contributed by atoms with E-state index < -0.39 is 0 Å². The molecule has 0 aromatic heterocycles. The summed E-state index contributed by atoms with van der Waals surface area (Å²) >= 11 is 3.49. The van der Waals surface area contributed by atoms with E-state index in [0.717, 1.165) is 15.7 Å². The van der Waals surface area contributed by atoms with Gasteiger partial charge in [-0.15, -0.1) is 23.5 Å². The lowest BCUT2D eigenvalue weighted by Gasteiger charge is -1.92. The average molecular weight is 148 g/mol. The van der Waals surface area contributed by atoms with Gasteiger partial charge in [-0.3, -0.25) is 0 Å². The fourth-order valence-corrected chi connectivity index (χ4v) is 2.81. The van der Waals surface area contributed by atoms with Crippen LogP contribution in [0.3, 0.4) is 0 Å². The van der Waals surface area contributed by atoms with Crippen molar-refractivity contribution in [3.8, 4) is 0 Å². The van der Waals surface area contributed by atoms with Crippen LogP contribution in [0.25, 0.3) is 0 Å². The van der Waals surface area contributed by atoms with Crippen LogP contribution in [0.15, 0.2) is 10.00 Å². The van der Waals surface area contributed by atoms with Gasteiger partial charge in [0.25, 0.3) is 0 Å². The molecule has 1 nitrogen and oxygen atoms in total. The molecule has 0 atom stereocenters. The standard InChI is InChI=1S/C5H8OS2/c1-4(6)5-7-2-3-8-5/h6H,2-3H2,1H3. The predicted molar refractivity (Wildman–Crippen MR) is 40.2 cm³/mol. The Bertz CT molecular complexity index is 108. The topological polar surface area (TPSA) is 20.2 Å². The number of rotatable bonds is 0. The van der Waals surface area contributed by atoms with Gasteiger partial charge in [0, 0.05) is 11.5 Å². The summed E-state index contributed by atoms with van der Waals surface area (Å²) in [5.41, 5.74) is 0. The predicted octanol–water partition coefficient (Wildman–Crippen LogP) is 2.21. The Labute approximate surface area is 57.5 Å². The van der Waals surface area contributed by atoms with E-state index >= 15 is 0 Å². The minimum Gasteiger partial charge on any atom is -0.511 e. The second kappa shape index (κ2) is 2.69.